The Hall–Kier alpha value is -3.74. The maximum absolute atomic E-state index is 12.6. The summed E-state index contributed by atoms with van der Waals surface area (Å²) in [6.45, 7) is 1.00. The first kappa shape index (κ1) is 21.5. The largest absolute Gasteiger partial charge is 0.475 e. The van der Waals surface area contributed by atoms with Crippen molar-refractivity contribution >= 4 is 5.82 Å². The SMILES string of the molecule is O=[N+]([O-])c1cn2c(n1)OC[C@@H](OCCOc1ccc(-c3ccc(C(F)(F)F)nc3)cn1)C2. The van der Waals surface area contributed by atoms with E-state index in [1.54, 1.807) is 12.1 Å². The minimum atomic E-state index is -4.49. The molecular formula is C19H16F3N5O5. The molecule has 1 aliphatic heterocycles. The fourth-order valence-electron chi connectivity index (χ4n) is 2.99. The highest BCUT2D eigenvalue weighted by molar-refractivity contribution is 5.61. The smallest absolute Gasteiger partial charge is 0.433 e. The number of aromatic nitrogens is 4. The van der Waals surface area contributed by atoms with Crippen LogP contribution in [0.1, 0.15) is 5.69 Å². The summed E-state index contributed by atoms with van der Waals surface area (Å²) in [4.78, 5) is 21.5. The van der Waals surface area contributed by atoms with E-state index in [4.69, 9.17) is 14.2 Å². The van der Waals surface area contributed by atoms with Gasteiger partial charge in [0.2, 0.25) is 5.88 Å². The van der Waals surface area contributed by atoms with Crippen molar-refractivity contribution in [3.05, 3.63) is 58.7 Å². The van der Waals surface area contributed by atoms with Gasteiger partial charge in [-0.25, -0.2) is 4.98 Å². The summed E-state index contributed by atoms with van der Waals surface area (Å²) >= 11 is 0. The van der Waals surface area contributed by atoms with Crippen LogP contribution in [-0.2, 0) is 17.5 Å². The molecule has 3 aromatic heterocycles. The molecule has 13 heteroatoms. The Morgan fingerprint density at radius 2 is 1.91 bits per heavy atom. The molecule has 4 rings (SSSR count). The monoisotopic (exact) mass is 451 g/mol. The predicted molar refractivity (Wildman–Crippen MR) is 102 cm³/mol. The van der Waals surface area contributed by atoms with Gasteiger partial charge in [-0.2, -0.15) is 13.2 Å². The third kappa shape index (κ3) is 4.94. The number of imidazole rings is 1. The standard InChI is InChI=1S/C19H16F3N5O5/c20-19(21,22)15-3-1-12(7-23-15)13-2-4-17(24-8-13)31-6-5-30-14-9-26-10-16(27(28)29)25-18(26)32-11-14/h1-4,7-8,10,14H,5-6,9,11H2/t14-/m0/s1. The number of alkyl halides is 3. The Bertz CT molecular complexity index is 1090. The van der Waals surface area contributed by atoms with Crippen LogP contribution in [0.4, 0.5) is 19.0 Å². The van der Waals surface area contributed by atoms with Crippen molar-refractivity contribution in [3.8, 4) is 23.0 Å². The van der Waals surface area contributed by atoms with Crippen molar-refractivity contribution in [1.82, 2.24) is 19.5 Å². The van der Waals surface area contributed by atoms with E-state index < -0.39 is 16.8 Å². The summed E-state index contributed by atoms with van der Waals surface area (Å²) in [5.41, 5.74) is 0.135. The molecule has 4 heterocycles. The van der Waals surface area contributed by atoms with E-state index >= 15 is 0 Å². The van der Waals surface area contributed by atoms with E-state index in [-0.39, 0.29) is 37.8 Å². The van der Waals surface area contributed by atoms with E-state index in [1.165, 1.54) is 23.0 Å². The molecule has 0 saturated heterocycles. The molecule has 0 spiro atoms. The van der Waals surface area contributed by atoms with Crippen LogP contribution in [0.2, 0.25) is 0 Å². The average molecular weight is 451 g/mol. The van der Waals surface area contributed by atoms with Gasteiger partial charge in [-0.05, 0) is 17.1 Å². The van der Waals surface area contributed by atoms with Gasteiger partial charge in [0.15, 0.2) is 0 Å². The topological polar surface area (TPSA) is 114 Å². The van der Waals surface area contributed by atoms with E-state index in [0.717, 1.165) is 12.3 Å². The van der Waals surface area contributed by atoms with Gasteiger partial charge in [-0.3, -0.25) is 9.55 Å². The van der Waals surface area contributed by atoms with Crippen molar-refractivity contribution in [2.75, 3.05) is 19.8 Å². The highest BCUT2D eigenvalue weighted by Gasteiger charge is 2.32. The van der Waals surface area contributed by atoms with Gasteiger partial charge in [-0.1, -0.05) is 6.07 Å². The molecule has 0 aliphatic carbocycles. The van der Waals surface area contributed by atoms with E-state index in [0.29, 0.717) is 23.6 Å². The molecule has 0 fully saturated rings. The summed E-state index contributed by atoms with van der Waals surface area (Å²) in [5, 5.41) is 10.8. The molecule has 0 amide bonds. The Labute approximate surface area is 178 Å². The molecule has 0 aromatic carbocycles. The van der Waals surface area contributed by atoms with Crippen molar-refractivity contribution in [2.24, 2.45) is 0 Å². The van der Waals surface area contributed by atoms with Crippen LogP contribution in [-0.4, -0.2) is 50.4 Å². The maximum atomic E-state index is 12.6. The highest BCUT2D eigenvalue weighted by atomic mass is 19.4. The number of fused-ring (bicyclic) bond motifs is 1. The second-order valence-corrected chi connectivity index (χ2v) is 6.76. The normalized spacial score (nSPS) is 15.7. The maximum Gasteiger partial charge on any atom is 0.433 e. The van der Waals surface area contributed by atoms with Gasteiger partial charge in [0.1, 0.15) is 31.2 Å². The molecule has 0 saturated carbocycles. The van der Waals surface area contributed by atoms with Gasteiger partial charge >= 0.3 is 18.0 Å². The molecule has 0 bridgehead atoms. The molecule has 10 nitrogen and oxygen atoms in total. The van der Waals surface area contributed by atoms with Gasteiger partial charge < -0.3 is 24.3 Å². The Morgan fingerprint density at radius 1 is 1.16 bits per heavy atom. The first-order valence-corrected chi connectivity index (χ1v) is 9.38. The lowest BCUT2D eigenvalue weighted by molar-refractivity contribution is -0.389. The molecule has 168 valence electrons. The van der Waals surface area contributed by atoms with Gasteiger partial charge in [-0.15, -0.1) is 0 Å². The highest BCUT2D eigenvalue weighted by Crippen LogP contribution is 2.29. The zero-order chi connectivity index (χ0) is 22.7. The second kappa shape index (κ2) is 8.78. The number of nitro groups is 1. The van der Waals surface area contributed by atoms with Gasteiger partial charge in [0.05, 0.1) is 13.2 Å². The number of hydrogen-bond acceptors (Lipinski definition) is 8. The Kier molecular flexibility index (Phi) is 5.90. The third-order valence-electron chi connectivity index (χ3n) is 4.52. The van der Waals surface area contributed by atoms with Crippen LogP contribution in [0, 0.1) is 10.1 Å². The lowest BCUT2D eigenvalue weighted by Crippen LogP contribution is -2.33. The van der Waals surface area contributed by atoms with Crippen molar-refractivity contribution in [2.45, 2.75) is 18.8 Å². The summed E-state index contributed by atoms with van der Waals surface area (Å²) in [6, 6.07) is 5.68. The molecule has 1 aliphatic rings. The first-order valence-electron chi connectivity index (χ1n) is 9.38. The Morgan fingerprint density at radius 3 is 2.53 bits per heavy atom. The van der Waals surface area contributed by atoms with Crippen LogP contribution in [0.25, 0.3) is 11.1 Å². The minimum absolute atomic E-state index is 0.181. The van der Waals surface area contributed by atoms with Gasteiger partial charge in [0, 0.05) is 34.6 Å². The quantitative estimate of drug-likeness (QED) is 0.306. The summed E-state index contributed by atoms with van der Waals surface area (Å²) < 4.78 is 55.9. The molecule has 0 radical (unpaired) electrons. The molecule has 32 heavy (non-hydrogen) atoms. The third-order valence-corrected chi connectivity index (χ3v) is 4.52. The van der Waals surface area contributed by atoms with Crippen LogP contribution < -0.4 is 9.47 Å². The van der Waals surface area contributed by atoms with Crippen LogP contribution in [0.5, 0.6) is 11.9 Å². The predicted octanol–water partition coefficient (Wildman–Crippen LogP) is 3.12. The van der Waals surface area contributed by atoms with Crippen molar-refractivity contribution in [3.63, 3.8) is 0 Å². The molecule has 0 N–H and O–H groups in total. The van der Waals surface area contributed by atoms with Crippen LogP contribution in [0.15, 0.2) is 42.9 Å². The number of halogens is 3. The average Bonchev–Trinajstić information content (AvgIpc) is 3.21. The Balaban J connectivity index is 1.24. The number of nitrogens with zero attached hydrogens (tertiary/aromatic N) is 5. The van der Waals surface area contributed by atoms with E-state index in [9.17, 15) is 23.3 Å². The number of hydrogen-bond donors (Lipinski definition) is 0. The lowest BCUT2D eigenvalue weighted by Gasteiger charge is -2.22. The van der Waals surface area contributed by atoms with Gasteiger partial charge in [0.25, 0.3) is 0 Å². The molecule has 0 unspecified atom stereocenters. The fraction of sp³-hybridized carbons (Fsp3) is 0.316. The molecule has 3 aromatic rings. The number of rotatable bonds is 7. The van der Waals surface area contributed by atoms with Crippen molar-refractivity contribution < 1.29 is 32.3 Å². The number of pyridine rings is 2. The number of ether oxygens (including phenoxy) is 3. The van der Waals surface area contributed by atoms with Crippen LogP contribution in [0.3, 0.4) is 0 Å². The first-order chi connectivity index (χ1) is 15.3. The zero-order valence-electron chi connectivity index (χ0n) is 16.4. The lowest BCUT2D eigenvalue weighted by atomic mass is 10.1. The van der Waals surface area contributed by atoms with E-state index in [1.807, 2.05) is 0 Å². The molecular weight excluding hydrogens is 435 g/mol. The summed E-state index contributed by atoms with van der Waals surface area (Å²) in [6.07, 6.45) is -0.899. The van der Waals surface area contributed by atoms with Crippen LogP contribution >= 0.6 is 0 Å². The van der Waals surface area contributed by atoms with E-state index in [2.05, 4.69) is 15.0 Å². The second-order valence-electron chi connectivity index (χ2n) is 6.76. The fourth-order valence-corrected chi connectivity index (χ4v) is 2.99. The molecule has 1 atom stereocenters. The summed E-state index contributed by atoms with van der Waals surface area (Å²) in [5.74, 6) is 0.0372. The summed E-state index contributed by atoms with van der Waals surface area (Å²) in [7, 11) is 0. The van der Waals surface area contributed by atoms with Crippen molar-refractivity contribution in [1.29, 1.82) is 0 Å². The minimum Gasteiger partial charge on any atom is -0.475 e. The zero-order valence-corrected chi connectivity index (χ0v) is 16.4.